The molecule has 0 atom stereocenters. The quantitative estimate of drug-likeness (QED) is 0.509. The number of hydrogen-bond acceptors (Lipinski definition) is 3. The number of hydrogen-bond donors (Lipinski definition) is 0. The first-order valence-corrected chi connectivity index (χ1v) is 7.57. The molecule has 21 heavy (non-hydrogen) atoms. The molecule has 106 valence electrons. The van der Waals surface area contributed by atoms with Crippen LogP contribution in [0.1, 0.15) is 17.0 Å². The van der Waals surface area contributed by atoms with Crippen molar-refractivity contribution in [2.75, 3.05) is 0 Å². The zero-order chi connectivity index (χ0) is 14.8. The van der Waals surface area contributed by atoms with Crippen LogP contribution in [-0.2, 0) is 0 Å². The van der Waals surface area contributed by atoms with Gasteiger partial charge < -0.3 is 4.57 Å². The maximum Gasteiger partial charge on any atom is 0.141 e. The molecule has 0 N–H and O–H groups in total. The van der Waals surface area contributed by atoms with E-state index in [1.54, 1.807) is 17.3 Å². The molecule has 6 heteroatoms. The van der Waals surface area contributed by atoms with Crippen LogP contribution in [0.3, 0.4) is 0 Å². The zero-order valence-corrected chi connectivity index (χ0v) is 13.9. The minimum Gasteiger partial charge on any atom is -0.318 e. The summed E-state index contributed by atoms with van der Waals surface area (Å²) >= 11 is 2.31. The van der Waals surface area contributed by atoms with Gasteiger partial charge in [0.1, 0.15) is 12.7 Å². The van der Waals surface area contributed by atoms with Crippen LogP contribution in [0.2, 0.25) is 0 Å². The Kier molecular flexibility index (Phi) is 3.87. The molecule has 3 rings (SSSR count). The Morgan fingerprint density at radius 2 is 1.76 bits per heavy atom. The van der Waals surface area contributed by atoms with Gasteiger partial charge in [-0.25, -0.2) is 4.68 Å². The number of halogens is 1. The molecule has 5 nitrogen and oxygen atoms in total. The van der Waals surface area contributed by atoms with Crippen molar-refractivity contribution in [2.45, 2.75) is 13.8 Å². The van der Waals surface area contributed by atoms with Crippen LogP contribution in [-0.4, -0.2) is 25.7 Å². The molecule has 2 heterocycles. The second kappa shape index (κ2) is 5.80. The summed E-state index contributed by atoms with van der Waals surface area (Å²) in [5.41, 5.74) is 4.58. The summed E-state index contributed by atoms with van der Waals surface area (Å²) in [6, 6.07) is 10.6. The summed E-state index contributed by atoms with van der Waals surface area (Å²) in [5, 5.41) is 11.8. The van der Waals surface area contributed by atoms with Gasteiger partial charge in [0, 0.05) is 26.2 Å². The standard InChI is InChI=1S/C15H14IN5/c1-11-7-13(8-19-20-9-17-18-10-20)12(2)21(11)15-5-3-14(16)4-6-15/h3-10H,1-2H3/b19-8-. The lowest BCUT2D eigenvalue weighted by Gasteiger charge is -2.09. The second-order valence-corrected chi connectivity index (χ2v) is 5.97. The fourth-order valence-corrected chi connectivity index (χ4v) is 2.65. The highest BCUT2D eigenvalue weighted by atomic mass is 127. The van der Waals surface area contributed by atoms with Gasteiger partial charge in [0.15, 0.2) is 0 Å². The van der Waals surface area contributed by atoms with Crippen molar-refractivity contribution in [1.82, 2.24) is 19.4 Å². The summed E-state index contributed by atoms with van der Waals surface area (Å²) in [7, 11) is 0. The third-order valence-corrected chi connectivity index (χ3v) is 4.01. The third-order valence-electron chi connectivity index (χ3n) is 3.29. The molecular weight excluding hydrogens is 377 g/mol. The molecule has 0 fully saturated rings. The first-order valence-electron chi connectivity index (χ1n) is 6.49. The Morgan fingerprint density at radius 1 is 1.10 bits per heavy atom. The molecule has 0 amide bonds. The maximum absolute atomic E-state index is 4.31. The van der Waals surface area contributed by atoms with Crippen LogP contribution >= 0.6 is 22.6 Å². The highest BCUT2D eigenvalue weighted by Gasteiger charge is 2.09. The van der Waals surface area contributed by atoms with Gasteiger partial charge in [0.25, 0.3) is 0 Å². The fraction of sp³-hybridized carbons (Fsp3) is 0.133. The average Bonchev–Trinajstić information content (AvgIpc) is 3.07. The van der Waals surface area contributed by atoms with Gasteiger partial charge in [-0.1, -0.05) is 0 Å². The first kappa shape index (κ1) is 14.0. The van der Waals surface area contributed by atoms with E-state index in [0.717, 1.165) is 16.9 Å². The number of rotatable bonds is 3. The fourth-order valence-electron chi connectivity index (χ4n) is 2.29. The Morgan fingerprint density at radius 3 is 2.43 bits per heavy atom. The van der Waals surface area contributed by atoms with Gasteiger partial charge in [-0.15, -0.1) is 10.2 Å². The Hall–Kier alpha value is -1.96. The summed E-state index contributed by atoms with van der Waals surface area (Å²) in [6.45, 7) is 4.19. The summed E-state index contributed by atoms with van der Waals surface area (Å²) in [4.78, 5) is 0. The van der Waals surface area contributed by atoms with Crippen molar-refractivity contribution < 1.29 is 0 Å². The molecule has 1 aromatic carbocycles. The molecule has 0 radical (unpaired) electrons. The number of nitrogens with zero attached hydrogens (tertiary/aromatic N) is 5. The van der Waals surface area contributed by atoms with E-state index >= 15 is 0 Å². The van der Waals surface area contributed by atoms with Crippen molar-refractivity contribution in [1.29, 1.82) is 0 Å². The molecule has 0 spiro atoms. The molecule has 0 aliphatic carbocycles. The summed E-state index contributed by atoms with van der Waals surface area (Å²) in [6.07, 6.45) is 4.96. The second-order valence-electron chi connectivity index (χ2n) is 4.72. The minimum atomic E-state index is 1.08. The van der Waals surface area contributed by atoms with Crippen LogP contribution < -0.4 is 0 Å². The van der Waals surface area contributed by atoms with Gasteiger partial charge >= 0.3 is 0 Å². The molecule has 2 aromatic heterocycles. The van der Waals surface area contributed by atoms with Gasteiger partial charge in [0.2, 0.25) is 0 Å². The molecular formula is C15H14IN5. The summed E-state index contributed by atoms with van der Waals surface area (Å²) in [5.74, 6) is 0. The van der Waals surface area contributed by atoms with Crippen molar-refractivity contribution in [3.05, 3.63) is 63.5 Å². The maximum atomic E-state index is 4.31. The zero-order valence-electron chi connectivity index (χ0n) is 11.7. The van der Waals surface area contributed by atoms with Gasteiger partial charge in [-0.05, 0) is 66.8 Å². The molecule has 0 aliphatic heterocycles. The topological polar surface area (TPSA) is 48.0 Å². The average molecular weight is 391 g/mol. The van der Waals surface area contributed by atoms with E-state index in [-0.39, 0.29) is 0 Å². The predicted molar refractivity (Wildman–Crippen MR) is 91.0 cm³/mol. The molecule has 0 aliphatic rings. The van der Waals surface area contributed by atoms with Crippen LogP contribution in [0.15, 0.2) is 48.1 Å². The monoisotopic (exact) mass is 391 g/mol. The van der Waals surface area contributed by atoms with Crippen LogP contribution in [0.25, 0.3) is 5.69 Å². The van der Waals surface area contributed by atoms with Gasteiger partial charge in [0.05, 0.1) is 6.21 Å². The Balaban J connectivity index is 1.98. The van der Waals surface area contributed by atoms with Crippen molar-refractivity contribution in [2.24, 2.45) is 5.10 Å². The molecule has 0 saturated carbocycles. The lowest BCUT2D eigenvalue weighted by molar-refractivity contribution is 0.877. The predicted octanol–water partition coefficient (Wildman–Crippen LogP) is 3.17. The molecule has 0 saturated heterocycles. The third kappa shape index (κ3) is 2.90. The van der Waals surface area contributed by atoms with Crippen molar-refractivity contribution >= 4 is 28.8 Å². The molecule has 0 unspecified atom stereocenters. The number of aromatic nitrogens is 4. The minimum absolute atomic E-state index is 1.08. The van der Waals surface area contributed by atoms with E-state index in [1.807, 2.05) is 6.21 Å². The van der Waals surface area contributed by atoms with E-state index in [2.05, 4.69) is 86.6 Å². The summed E-state index contributed by atoms with van der Waals surface area (Å²) < 4.78 is 5.04. The smallest absolute Gasteiger partial charge is 0.141 e. The normalized spacial score (nSPS) is 11.4. The van der Waals surface area contributed by atoms with E-state index in [1.165, 1.54) is 9.26 Å². The SMILES string of the molecule is Cc1cc(/C=N\n2cnnc2)c(C)n1-c1ccc(I)cc1. The number of benzene rings is 1. The van der Waals surface area contributed by atoms with Gasteiger partial charge in [-0.3, -0.25) is 0 Å². The highest BCUT2D eigenvalue weighted by molar-refractivity contribution is 14.1. The van der Waals surface area contributed by atoms with Crippen molar-refractivity contribution in [3.8, 4) is 5.69 Å². The van der Waals surface area contributed by atoms with E-state index in [9.17, 15) is 0 Å². The first-order chi connectivity index (χ1) is 10.1. The largest absolute Gasteiger partial charge is 0.318 e. The molecule has 3 aromatic rings. The lowest BCUT2D eigenvalue weighted by atomic mass is 10.2. The van der Waals surface area contributed by atoms with Crippen LogP contribution in [0.4, 0.5) is 0 Å². The molecule has 0 bridgehead atoms. The number of aryl methyl sites for hydroxylation is 1. The lowest BCUT2D eigenvalue weighted by Crippen LogP contribution is -1.99. The highest BCUT2D eigenvalue weighted by Crippen LogP contribution is 2.20. The Bertz CT molecular complexity index is 769. The Labute approximate surface area is 136 Å². The van der Waals surface area contributed by atoms with Crippen LogP contribution in [0.5, 0.6) is 0 Å². The van der Waals surface area contributed by atoms with E-state index < -0.39 is 0 Å². The van der Waals surface area contributed by atoms with E-state index in [0.29, 0.717) is 0 Å². The van der Waals surface area contributed by atoms with Crippen LogP contribution in [0, 0.1) is 17.4 Å². The van der Waals surface area contributed by atoms with Crippen molar-refractivity contribution in [3.63, 3.8) is 0 Å². The van der Waals surface area contributed by atoms with E-state index in [4.69, 9.17) is 0 Å². The van der Waals surface area contributed by atoms with Gasteiger partial charge in [-0.2, -0.15) is 5.10 Å².